The van der Waals surface area contributed by atoms with Crippen molar-refractivity contribution < 1.29 is 19.5 Å². The molecule has 1 aromatic heterocycles. The average molecular weight is 623 g/mol. The topological polar surface area (TPSA) is 109 Å². The molecule has 2 N–H and O–H groups in total. The van der Waals surface area contributed by atoms with Crippen LogP contribution in [0.4, 0.5) is 11.4 Å². The molecule has 3 heterocycles. The number of nitrogens with one attached hydrogen (secondary N) is 1. The van der Waals surface area contributed by atoms with Gasteiger partial charge in [0.1, 0.15) is 17.5 Å². The number of phenols is 1. The Morgan fingerprint density at radius 3 is 2.33 bits per heavy atom. The highest BCUT2D eigenvalue weighted by molar-refractivity contribution is 9.10. The predicted molar refractivity (Wildman–Crippen MR) is 153 cm³/mol. The number of fused-ring (bicyclic) bond motifs is 2. The highest BCUT2D eigenvalue weighted by atomic mass is 79.9. The number of nitrogens with zero attached hydrogens (tertiary/aromatic N) is 2. The van der Waals surface area contributed by atoms with Crippen LogP contribution in [0.25, 0.3) is 0 Å². The molecule has 1 fully saturated rings. The Morgan fingerprint density at radius 2 is 1.62 bits per heavy atom. The van der Waals surface area contributed by atoms with Crippen LogP contribution >= 0.6 is 39.0 Å². The van der Waals surface area contributed by atoms with Crippen molar-refractivity contribution in [2.45, 2.75) is 22.7 Å². The Kier molecular flexibility index (Phi) is 6.66. The summed E-state index contributed by atoms with van der Waals surface area (Å²) in [4.78, 5) is 55.0. The molecule has 3 atom stereocenters. The van der Waals surface area contributed by atoms with Crippen LogP contribution in [0.2, 0.25) is 0 Å². The number of para-hydroxylation sites is 2. The summed E-state index contributed by atoms with van der Waals surface area (Å²) in [5.41, 5.74) is 1.50. The van der Waals surface area contributed by atoms with Crippen LogP contribution in [0.15, 0.2) is 93.2 Å². The van der Waals surface area contributed by atoms with Gasteiger partial charge in [0.15, 0.2) is 0 Å². The van der Waals surface area contributed by atoms with Gasteiger partial charge in [-0.25, -0.2) is 4.90 Å². The number of aromatic hydroxyl groups is 1. The number of thiazole rings is 1. The van der Waals surface area contributed by atoms with Crippen molar-refractivity contribution in [3.8, 4) is 5.75 Å². The van der Waals surface area contributed by atoms with Crippen molar-refractivity contribution >= 4 is 68.1 Å². The first-order chi connectivity index (χ1) is 18.8. The van der Waals surface area contributed by atoms with Crippen LogP contribution in [-0.4, -0.2) is 32.6 Å². The number of amides is 3. The van der Waals surface area contributed by atoms with E-state index in [1.807, 2.05) is 6.07 Å². The first kappa shape index (κ1) is 25.6. The highest BCUT2D eigenvalue weighted by Crippen LogP contribution is 2.55. The number of aromatic nitrogens is 1. The molecule has 0 saturated carbocycles. The van der Waals surface area contributed by atoms with Gasteiger partial charge in [0, 0.05) is 26.5 Å². The standard InChI is InChI=1S/C28H20BrN3O5S2/c29-15-10-12-17(13-11-15)32-25(35)22-21(18-8-4-5-9-19(18)33)24-27(38-23(22)26(32)36)31(28(37)39-24)14-20(34)30-16-6-2-1-3-7-16/h1-13,21-23,33H,14H2,(H,30,34). The van der Waals surface area contributed by atoms with E-state index in [0.29, 0.717) is 26.8 Å². The summed E-state index contributed by atoms with van der Waals surface area (Å²) in [6.45, 7) is -0.254. The zero-order chi connectivity index (χ0) is 27.3. The Hall–Kier alpha value is -3.67. The average Bonchev–Trinajstić information content (AvgIpc) is 3.36. The summed E-state index contributed by atoms with van der Waals surface area (Å²) in [5.74, 6) is -2.79. The van der Waals surface area contributed by atoms with E-state index >= 15 is 0 Å². The SMILES string of the molecule is O=C(Cn1c2c(sc1=O)C(c1ccccc1O)C1C(=O)N(c3ccc(Br)cc3)C(=O)C1S2)Nc1ccccc1. The molecule has 3 amide bonds. The second kappa shape index (κ2) is 10.1. The number of carbonyl (C=O) groups is 3. The van der Waals surface area contributed by atoms with Gasteiger partial charge in [-0.05, 0) is 42.5 Å². The minimum atomic E-state index is -0.837. The monoisotopic (exact) mass is 621 g/mol. The van der Waals surface area contributed by atoms with Crippen LogP contribution in [0.1, 0.15) is 16.4 Å². The normalized spacial score (nSPS) is 20.0. The van der Waals surface area contributed by atoms with E-state index in [-0.39, 0.29) is 17.2 Å². The summed E-state index contributed by atoms with van der Waals surface area (Å²) in [6, 6.07) is 22.4. The maximum absolute atomic E-state index is 13.9. The molecule has 0 bridgehead atoms. The van der Waals surface area contributed by atoms with Crippen LogP contribution in [0, 0.1) is 5.92 Å². The Balaban J connectivity index is 1.43. The summed E-state index contributed by atoms with van der Waals surface area (Å²) in [7, 11) is 0. The first-order valence-corrected chi connectivity index (χ1v) is 14.5. The molecule has 6 rings (SSSR count). The molecule has 1 saturated heterocycles. The van der Waals surface area contributed by atoms with E-state index in [4.69, 9.17) is 0 Å². The minimum Gasteiger partial charge on any atom is -0.508 e. The van der Waals surface area contributed by atoms with Crippen LogP contribution in [0.5, 0.6) is 5.75 Å². The van der Waals surface area contributed by atoms with Gasteiger partial charge in [-0.3, -0.25) is 23.7 Å². The fourth-order valence-corrected chi connectivity index (χ4v) is 8.08. The molecule has 4 aromatic rings. The number of benzene rings is 3. The molecule has 3 unspecified atom stereocenters. The van der Waals surface area contributed by atoms with Gasteiger partial charge in [0.05, 0.1) is 16.6 Å². The van der Waals surface area contributed by atoms with E-state index in [1.54, 1.807) is 66.7 Å². The number of imide groups is 1. The Bertz CT molecular complexity index is 1670. The van der Waals surface area contributed by atoms with Gasteiger partial charge in [0.25, 0.3) is 0 Å². The van der Waals surface area contributed by atoms with Crippen LogP contribution < -0.4 is 15.1 Å². The molecule has 0 spiro atoms. The molecule has 2 aliphatic rings. The molecule has 0 radical (unpaired) electrons. The Morgan fingerprint density at radius 1 is 0.923 bits per heavy atom. The number of anilines is 2. The molecular weight excluding hydrogens is 602 g/mol. The third kappa shape index (κ3) is 4.50. The Labute approximate surface area is 239 Å². The summed E-state index contributed by atoms with van der Waals surface area (Å²) < 4.78 is 2.16. The van der Waals surface area contributed by atoms with E-state index in [0.717, 1.165) is 27.6 Å². The number of thioether (sulfide) groups is 1. The van der Waals surface area contributed by atoms with Crippen molar-refractivity contribution in [3.05, 3.63) is 103 Å². The van der Waals surface area contributed by atoms with E-state index in [9.17, 15) is 24.3 Å². The second-order valence-corrected chi connectivity index (χ2v) is 12.2. The van der Waals surface area contributed by atoms with Crippen molar-refractivity contribution in [1.29, 1.82) is 0 Å². The highest BCUT2D eigenvalue weighted by Gasteiger charge is 2.57. The number of halogens is 1. The third-order valence-corrected chi connectivity index (χ3v) is 9.90. The number of phenolic OH excluding ortho intramolecular Hbond substituents is 1. The molecule has 8 nitrogen and oxygen atoms in total. The smallest absolute Gasteiger partial charge is 0.308 e. The van der Waals surface area contributed by atoms with E-state index in [2.05, 4.69) is 21.2 Å². The lowest BCUT2D eigenvalue weighted by Gasteiger charge is -2.31. The summed E-state index contributed by atoms with van der Waals surface area (Å²) in [5, 5.41) is 13.2. The van der Waals surface area contributed by atoms with Gasteiger partial charge >= 0.3 is 4.87 Å². The summed E-state index contributed by atoms with van der Waals surface area (Å²) >= 11 is 5.45. The molecule has 2 aliphatic heterocycles. The maximum Gasteiger partial charge on any atom is 0.308 e. The van der Waals surface area contributed by atoms with E-state index in [1.165, 1.54) is 15.5 Å². The second-order valence-electron chi connectivity index (χ2n) is 9.13. The van der Waals surface area contributed by atoms with Crippen molar-refractivity contribution in [1.82, 2.24) is 4.57 Å². The molecule has 3 aromatic carbocycles. The van der Waals surface area contributed by atoms with E-state index < -0.39 is 34.8 Å². The lowest BCUT2D eigenvalue weighted by molar-refractivity contribution is -0.122. The maximum atomic E-state index is 13.9. The molecular formula is C28H20BrN3O5S2. The largest absolute Gasteiger partial charge is 0.508 e. The number of hydrogen-bond acceptors (Lipinski definition) is 7. The van der Waals surface area contributed by atoms with Crippen molar-refractivity contribution in [2.24, 2.45) is 5.92 Å². The number of hydrogen-bond donors (Lipinski definition) is 2. The zero-order valence-electron chi connectivity index (χ0n) is 20.1. The zero-order valence-corrected chi connectivity index (χ0v) is 23.3. The van der Waals surface area contributed by atoms with Gasteiger partial charge < -0.3 is 10.4 Å². The fraction of sp³-hybridized carbons (Fsp3) is 0.143. The fourth-order valence-electron chi connectivity index (χ4n) is 5.05. The quantitative estimate of drug-likeness (QED) is 0.310. The van der Waals surface area contributed by atoms with Crippen molar-refractivity contribution in [3.63, 3.8) is 0 Å². The van der Waals surface area contributed by atoms with Crippen molar-refractivity contribution in [2.75, 3.05) is 10.2 Å². The minimum absolute atomic E-state index is 0.0318. The molecule has 196 valence electrons. The number of rotatable bonds is 5. The molecule has 11 heteroatoms. The predicted octanol–water partition coefficient (Wildman–Crippen LogP) is 4.81. The first-order valence-electron chi connectivity index (χ1n) is 12.0. The molecule has 0 aliphatic carbocycles. The molecule has 39 heavy (non-hydrogen) atoms. The van der Waals surface area contributed by atoms with Crippen LogP contribution in [-0.2, 0) is 20.9 Å². The lowest BCUT2D eigenvalue weighted by Crippen LogP contribution is -2.33. The summed E-state index contributed by atoms with van der Waals surface area (Å²) in [6.07, 6.45) is 0. The van der Waals surface area contributed by atoms with Gasteiger partial charge in [-0.15, -0.1) is 0 Å². The van der Waals surface area contributed by atoms with Gasteiger partial charge in [-0.1, -0.05) is 75.4 Å². The van der Waals surface area contributed by atoms with Crippen LogP contribution in [0.3, 0.4) is 0 Å². The van der Waals surface area contributed by atoms with Gasteiger partial charge in [-0.2, -0.15) is 0 Å². The van der Waals surface area contributed by atoms with Gasteiger partial charge in [0.2, 0.25) is 17.7 Å². The third-order valence-electron chi connectivity index (χ3n) is 6.77. The lowest BCUT2D eigenvalue weighted by atomic mass is 9.82. The number of carbonyl (C=O) groups excluding carboxylic acids is 3.